The van der Waals surface area contributed by atoms with Crippen molar-refractivity contribution in [2.45, 2.75) is 26.9 Å². The molecule has 1 amide bonds. The number of ether oxygens (including phenoxy) is 2. The maximum absolute atomic E-state index is 12.0. The van der Waals surface area contributed by atoms with Crippen molar-refractivity contribution in [2.75, 3.05) is 13.2 Å². The standard InChI is InChI=1S/C18H22N2O3/c1-3-9-20-18(21)15-5-6-16(17(12-15)22-4-2)23-13-14-7-10-19-11-8-14/h5-8,10-12H,3-4,9,13H2,1-2H3,(H,20,21). The van der Waals surface area contributed by atoms with Crippen molar-refractivity contribution in [1.82, 2.24) is 10.3 Å². The van der Waals surface area contributed by atoms with Gasteiger partial charge in [-0.2, -0.15) is 0 Å². The van der Waals surface area contributed by atoms with Crippen LogP contribution in [0.4, 0.5) is 0 Å². The molecular weight excluding hydrogens is 292 g/mol. The zero-order chi connectivity index (χ0) is 16.5. The first kappa shape index (κ1) is 16.8. The Hall–Kier alpha value is -2.56. The molecule has 0 aliphatic rings. The number of amides is 1. The fourth-order valence-electron chi connectivity index (χ4n) is 2.02. The summed E-state index contributed by atoms with van der Waals surface area (Å²) in [5, 5.41) is 2.85. The van der Waals surface area contributed by atoms with Gasteiger partial charge in [0.25, 0.3) is 5.91 Å². The molecule has 0 saturated carbocycles. The number of nitrogens with one attached hydrogen (secondary N) is 1. The van der Waals surface area contributed by atoms with E-state index in [0.717, 1.165) is 12.0 Å². The molecule has 5 heteroatoms. The number of hydrogen-bond donors (Lipinski definition) is 1. The van der Waals surface area contributed by atoms with Crippen molar-refractivity contribution >= 4 is 5.91 Å². The minimum atomic E-state index is -0.103. The quantitative estimate of drug-likeness (QED) is 0.813. The second kappa shape index (κ2) is 8.78. The summed E-state index contributed by atoms with van der Waals surface area (Å²) in [6, 6.07) is 9.03. The molecular formula is C18H22N2O3. The summed E-state index contributed by atoms with van der Waals surface area (Å²) in [5.74, 6) is 1.09. The molecule has 0 aliphatic carbocycles. The van der Waals surface area contributed by atoms with Crippen molar-refractivity contribution in [3.63, 3.8) is 0 Å². The molecule has 0 fully saturated rings. The summed E-state index contributed by atoms with van der Waals surface area (Å²) < 4.78 is 11.4. The van der Waals surface area contributed by atoms with Crippen LogP contribution < -0.4 is 14.8 Å². The summed E-state index contributed by atoms with van der Waals surface area (Å²) in [4.78, 5) is 16.0. The molecule has 0 spiro atoms. The number of carbonyl (C=O) groups excluding carboxylic acids is 1. The molecule has 0 bridgehead atoms. The number of nitrogens with zero attached hydrogens (tertiary/aromatic N) is 1. The second-order valence-electron chi connectivity index (χ2n) is 4.99. The highest BCUT2D eigenvalue weighted by molar-refractivity contribution is 5.94. The van der Waals surface area contributed by atoms with Crippen LogP contribution in [0.25, 0.3) is 0 Å². The summed E-state index contributed by atoms with van der Waals surface area (Å²) >= 11 is 0. The van der Waals surface area contributed by atoms with E-state index in [2.05, 4.69) is 10.3 Å². The molecule has 2 rings (SSSR count). The minimum Gasteiger partial charge on any atom is -0.490 e. The highest BCUT2D eigenvalue weighted by Crippen LogP contribution is 2.29. The Kier molecular flexibility index (Phi) is 6.41. The molecule has 0 radical (unpaired) electrons. The molecule has 2 aromatic rings. The van der Waals surface area contributed by atoms with Crippen LogP contribution in [0.3, 0.4) is 0 Å². The average Bonchev–Trinajstić information content (AvgIpc) is 2.59. The summed E-state index contributed by atoms with van der Waals surface area (Å²) in [6.07, 6.45) is 4.35. The second-order valence-corrected chi connectivity index (χ2v) is 4.99. The molecule has 1 heterocycles. The van der Waals surface area contributed by atoms with Crippen molar-refractivity contribution in [3.8, 4) is 11.5 Å². The van der Waals surface area contributed by atoms with Crippen LogP contribution in [0, 0.1) is 0 Å². The van der Waals surface area contributed by atoms with E-state index in [-0.39, 0.29) is 5.91 Å². The fourth-order valence-corrected chi connectivity index (χ4v) is 2.02. The fraction of sp³-hybridized carbons (Fsp3) is 0.333. The summed E-state index contributed by atoms with van der Waals surface area (Å²) in [6.45, 7) is 5.50. The van der Waals surface area contributed by atoms with Gasteiger partial charge in [-0.25, -0.2) is 0 Å². The van der Waals surface area contributed by atoms with Gasteiger partial charge in [-0.05, 0) is 49.2 Å². The number of benzene rings is 1. The van der Waals surface area contributed by atoms with E-state index < -0.39 is 0 Å². The molecule has 1 aromatic heterocycles. The molecule has 0 saturated heterocycles. The van der Waals surface area contributed by atoms with Crippen LogP contribution in [0.5, 0.6) is 11.5 Å². The van der Waals surface area contributed by atoms with Gasteiger partial charge in [0.15, 0.2) is 11.5 Å². The van der Waals surface area contributed by atoms with Crippen molar-refractivity contribution in [2.24, 2.45) is 0 Å². The van der Waals surface area contributed by atoms with Crippen molar-refractivity contribution in [1.29, 1.82) is 0 Å². The Morgan fingerprint density at radius 2 is 1.87 bits per heavy atom. The van der Waals surface area contributed by atoms with E-state index in [4.69, 9.17) is 9.47 Å². The Morgan fingerprint density at radius 1 is 1.09 bits per heavy atom. The minimum absolute atomic E-state index is 0.103. The maximum Gasteiger partial charge on any atom is 0.251 e. The van der Waals surface area contributed by atoms with Crippen LogP contribution in [0.2, 0.25) is 0 Å². The smallest absolute Gasteiger partial charge is 0.251 e. The van der Waals surface area contributed by atoms with E-state index in [1.165, 1.54) is 0 Å². The van der Waals surface area contributed by atoms with Crippen LogP contribution in [-0.4, -0.2) is 24.0 Å². The van der Waals surface area contributed by atoms with Crippen LogP contribution in [0.15, 0.2) is 42.7 Å². The summed E-state index contributed by atoms with van der Waals surface area (Å²) in [7, 11) is 0. The first-order valence-electron chi connectivity index (χ1n) is 7.81. The van der Waals surface area contributed by atoms with Gasteiger partial charge >= 0.3 is 0 Å². The van der Waals surface area contributed by atoms with Gasteiger partial charge in [0.2, 0.25) is 0 Å². The van der Waals surface area contributed by atoms with Gasteiger partial charge in [-0.3, -0.25) is 9.78 Å². The van der Waals surface area contributed by atoms with Gasteiger partial charge in [0, 0.05) is 24.5 Å². The lowest BCUT2D eigenvalue weighted by molar-refractivity contribution is 0.0953. The van der Waals surface area contributed by atoms with Crippen molar-refractivity contribution < 1.29 is 14.3 Å². The van der Waals surface area contributed by atoms with Gasteiger partial charge < -0.3 is 14.8 Å². The van der Waals surface area contributed by atoms with Gasteiger partial charge in [-0.15, -0.1) is 0 Å². The van der Waals surface area contributed by atoms with Crippen LogP contribution in [-0.2, 0) is 6.61 Å². The SMILES string of the molecule is CCCNC(=O)c1ccc(OCc2ccncc2)c(OCC)c1. The van der Waals surface area contributed by atoms with E-state index in [0.29, 0.717) is 36.8 Å². The Morgan fingerprint density at radius 3 is 2.57 bits per heavy atom. The Bertz CT molecular complexity index is 629. The first-order chi connectivity index (χ1) is 11.2. The van der Waals surface area contributed by atoms with E-state index >= 15 is 0 Å². The molecule has 122 valence electrons. The monoisotopic (exact) mass is 314 g/mol. The van der Waals surface area contributed by atoms with Gasteiger partial charge in [0.05, 0.1) is 6.61 Å². The lowest BCUT2D eigenvalue weighted by atomic mass is 10.2. The molecule has 1 N–H and O–H groups in total. The summed E-state index contributed by atoms with van der Waals surface area (Å²) in [5.41, 5.74) is 1.59. The third kappa shape index (κ3) is 4.98. The van der Waals surface area contributed by atoms with E-state index in [1.807, 2.05) is 26.0 Å². The first-order valence-corrected chi connectivity index (χ1v) is 7.81. The number of carbonyl (C=O) groups is 1. The van der Waals surface area contributed by atoms with Crippen LogP contribution >= 0.6 is 0 Å². The zero-order valence-corrected chi connectivity index (χ0v) is 13.5. The predicted molar refractivity (Wildman–Crippen MR) is 88.8 cm³/mol. The third-order valence-electron chi connectivity index (χ3n) is 3.18. The van der Waals surface area contributed by atoms with E-state index in [9.17, 15) is 4.79 Å². The predicted octanol–water partition coefficient (Wildman–Crippen LogP) is 3.20. The molecule has 0 atom stereocenters. The zero-order valence-electron chi connectivity index (χ0n) is 13.5. The lowest BCUT2D eigenvalue weighted by Crippen LogP contribution is -2.23. The topological polar surface area (TPSA) is 60.5 Å². The highest BCUT2D eigenvalue weighted by atomic mass is 16.5. The number of hydrogen-bond acceptors (Lipinski definition) is 4. The van der Waals surface area contributed by atoms with Crippen LogP contribution in [0.1, 0.15) is 36.2 Å². The molecule has 23 heavy (non-hydrogen) atoms. The highest BCUT2D eigenvalue weighted by Gasteiger charge is 2.11. The Labute approximate surface area is 136 Å². The molecule has 0 aliphatic heterocycles. The maximum atomic E-state index is 12.0. The number of aromatic nitrogens is 1. The third-order valence-corrected chi connectivity index (χ3v) is 3.18. The Balaban J connectivity index is 2.11. The number of rotatable bonds is 8. The van der Waals surface area contributed by atoms with Crippen molar-refractivity contribution in [3.05, 3.63) is 53.9 Å². The van der Waals surface area contributed by atoms with Gasteiger partial charge in [-0.1, -0.05) is 6.92 Å². The molecule has 0 unspecified atom stereocenters. The molecule has 1 aromatic carbocycles. The van der Waals surface area contributed by atoms with E-state index in [1.54, 1.807) is 30.6 Å². The average molecular weight is 314 g/mol. The number of pyridine rings is 1. The van der Waals surface area contributed by atoms with Gasteiger partial charge in [0.1, 0.15) is 6.61 Å². The largest absolute Gasteiger partial charge is 0.490 e. The lowest BCUT2D eigenvalue weighted by Gasteiger charge is -2.13. The molecule has 5 nitrogen and oxygen atoms in total. The normalized spacial score (nSPS) is 10.2.